The molecule has 0 saturated heterocycles. The Balaban J connectivity index is 2.50. The molecule has 0 bridgehead atoms. The van der Waals surface area contributed by atoms with E-state index in [1.807, 2.05) is 36.5 Å². The number of methoxy groups -OCH3 is 1. The van der Waals surface area contributed by atoms with Gasteiger partial charge in [-0.3, -0.25) is 0 Å². The molecule has 4 nitrogen and oxygen atoms in total. The predicted molar refractivity (Wildman–Crippen MR) is 90.3 cm³/mol. The maximum atomic E-state index is 5.68. The average Bonchev–Trinajstić information content (AvgIpc) is 2.52. The number of hydrogen-bond acceptors (Lipinski definition) is 4. The summed E-state index contributed by atoms with van der Waals surface area (Å²) in [5, 5.41) is 0. The van der Waals surface area contributed by atoms with Crippen molar-refractivity contribution in [2.75, 3.05) is 25.1 Å². The Morgan fingerprint density at radius 3 is 2.76 bits per heavy atom. The number of nitrogens with zero attached hydrogens (tertiary/aromatic N) is 2. The van der Waals surface area contributed by atoms with E-state index in [0.717, 1.165) is 40.3 Å². The molecular formula is C16H20BrN3O. The van der Waals surface area contributed by atoms with Gasteiger partial charge in [-0.05, 0) is 59.6 Å². The number of hydrogen-bond donors (Lipinski definition) is 1. The number of aryl methyl sites for hydroxylation is 1. The number of nitrogens with two attached hydrogens (primary N) is 1. The van der Waals surface area contributed by atoms with Crippen LogP contribution in [0.25, 0.3) is 0 Å². The molecule has 1 aromatic heterocycles. The lowest BCUT2D eigenvalue weighted by molar-refractivity contribution is 0.415. The number of benzene rings is 1. The Morgan fingerprint density at radius 2 is 2.05 bits per heavy atom. The molecule has 21 heavy (non-hydrogen) atoms. The van der Waals surface area contributed by atoms with Crippen LogP contribution in [-0.4, -0.2) is 25.2 Å². The molecule has 112 valence electrons. The number of rotatable bonds is 6. The van der Waals surface area contributed by atoms with Crippen molar-refractivity contribution in [2.24, 2.45) is 5.73 Å². The minimum atomic E-state index is 0.634. The fourth-order valence-corrected chi connectivity index (χ4v) is 2.61. The van der Waals surface area contributed by atoms with Crippen LogP contribution in [-0.2, 0) is 0 Å². The molecule has 2 aromatic rings. The quantitative estimate of drug-likeness (QED) is 0.864. The Hall–Kier alpha value is -1.59. The molecule has 0 aliphatic carbocycles. The van der Waals surface area contributed by atoms with E-state index < -0.39 is 0 Å². The lowest BCUT2D eigenvalue weighted by Gasteiger charge is -2.26. The molecular weight excluding hydrogens is 330 g/mol. The van der Waals surface area contributed by atoms with Gasteiger partial charge in [0.05, 0.1) is 17.3 Å². The second-order valence-corrected chi connectivity index (χ2v) is 5.52. The van der Waals surface area contributed by atoms with Gasteiger partial charge in [0.2, 0.25) is 0 Å². The zero-order valence-corrected chi connectivity index (χ0v) is 13.9. The van der Waals surface area contributed by atoms with Crippen molar-refractivity contribution in [2.45, 2.75) is 13.3 Å². The Kier molecular flexibility index (Phi) is 5.59. The molecule has 0 aliphatic rings. The maximum absolute atomic E-state index is 5.68. The molecule has 0 radical (unpaired) electrons. The zero-order chi connectivity index (χ0) is 15.2. The van der Waals surface area contributed by atoms with E-state index in [-0.39, 0.29) is 0 Å². The highest BCUT2D eigenvalue weighted by atomic mass is 79.9. The van der Waals surface area contributed by atoms with Crippen LogP contribution in [0.3, 0.4) is 0 Å². The number of ether oxygens (including phenoxy) is 1. The topological polar surface area (TPSA) is 51.4 Å². The van der Waals surface area contributed by atoms with Gasteiger partial charge in [0.15, 0.2) is 0 Å². The molecule has 0 amide bonds. The number of anilines is 2. The second-order valence-electron chi connectivity index (χ2n) is 4.73. The van der Waals surface area contributed by atoms with Gasteiger partial charge in [-0.15, -0.1) is 0 Å². The van der Waals surface area contributed by atoms with E-state index in [9.17, 15) is 0 Å². The molecule has 0 saturated carbocycles. The van der Waals surface area contributed by atoms with Crippen molar-refractivity contribution in [1.29, 1.82) is 0 Å². The van der Waals surface area contributed by atoms with Crippen LogP contribution in [0.1, 0.15) is 12.0 Å². The Labute approximate surface area is 134 Å². The van der Waals surface area contributed by atoms with Crippen LogP contribution in [0.5, 0.6) is 5.75 Å². The molecule has 1 aromatic carbocycles. The molecule has 0 aliphatic heterocycles. The first-order valence-electron chi connectivity index (χ1n) is 6.90. The highest BCUT2D eigenvalue weighted by Gasteiger charge is 2.17. The summed E-state index contributed by atoms with van der Waals surface area (Å²) in [6.07, 6.45) is 2.69. The smallest absolute Gasteiger partial charge is 0.147 e. The molecule has 0 atom stereocenters. The van der Waals surface area contributed by atoms with E-state index >= 15 is 0 Å². The van der Waals surface area contributed by atoms with Crippen LogP contribution in [0.15, 0.2) is 41.0 Å². The highest BCUT2D eigenvalue weighted by molar-refractivity contribution is 9.10. The van der Waals surface area contributed by atoms with Crippen molar-refractivity contribution >= 4 is 27.4 Å². The number of para-hydroxylation sites is 2. The second kappa shape index (κ2) is 7.43. The van der Waals surface area contributed by atoms with Crippen molar-refractivity contribution < 1.29 is 4.74 Å². The van der Waals surface area contributed by atoms with Crippen molar-refractivity contribution in [1.82, 2.24) is 4.98 Å². The van der Waals surface area contributed by atoms with Crippen molar-refractivity contribution in [3.05, 3.63) is 46.6 Å². The minimum Gasteiger partial charge on any atom is -0.495 e. The van der Waals surface area contributed by atoms with E-state index in [2.05, 4.69) is 32.7 Å². The third-order valence-corrected chi connectivity index (χ3v) is 4.26. The normalized spacial score (nSPS) is 10.5. The van der Waals surface area contributed by atoms with Gasteiger partial charge < -0.3 is 15.4 Å². The van der Waals surface area contributed by atoms with Crippen LogP contribution < -0.4 is 15.4 Å². The minimum absolute atomic E-state index is 0.634. The van der Waals surface area contributed by atoms with Crippen LogP contribution in [0.4, 0.5) is 11.5 Å². The summed E-state index contributed by atoms with van der Waals surface area (Å²) in [5.41, 5.74) is 7.82. The van der Waals surface area contributed by atoms with Crippen LogP contribution in [0.2, 0.25) is 0 Å². The molecule has 0 spiro atoms. The third-order valence-electron chi connectivity index (χ3n) is 3.28. The summed E-state index contributed by atoms with van der Waals surface area (Å²) in [6.45, 7) is 3.47. The fraction of sp³-hybridized carbons (Fsp3) is 0.312. The van der Waals surface area contributed by atoms with Gasteiger partial charge in [0, 0.05) is 12.7 Å². The summed E-state index contributed by atoms with van der Waals surface area (Å²) >= 11 is 3.64. The molecule has 0 unspecified atom stereocenters. The standard InChI is InChI=1S/C16H20BrN3O/c1-12-8-10-19-16(15(12)17)20(11-5-9-18)13-6-3-4-7-14(13)21-2/h3-4,6-8,10H,5,9,11,18H2,1-2H3. The SMILES string of the molecule is COc1ccccc1N(CCCN)c1nccc(C)c1Br. The lowest BCUT2D eigenvalue weighted by Crippen LogP contribution is -2.23. The summed E-state index contributed by atoms with van der Waals surface area (Å²) in [7, 11) is 1.68. The van der Waals surface area contributed by atoms with Crippen LogP contribution in [0, 0.1) is 6.92 Å². The summed E-state index contributed by atoms with van der Waals surface area (Å²) in [6, 6.07) is 9.93. The van der Waals surface area contributed by atoms with E-state index in [1.165, 1.54) is 0 Å². The molecule has 2 rings (SSSR count). The highest BCUT2D eigenvalue weighted by Crippen LogP contribution is 2.37. The number of halogens is 1. The lowest BCUT2D eigenvalue weighted by atomic mass is 10.2. The van der Waals surface area contributed by atoms with Crippen molar-refractivity contribution in [3.8, 4) is 5.75 Å². The first kappa shape index (κ1) is 15.8. The van der Waals surface area contributed by atoms with E-state index in [0.29, 0.717) is 6.54 Å². The van der Waals surface area contributed by atoms with E-state index in [4.69, 9.17) is 10.5 Å². The van der Waals surface area contributed by atoms with E-state index in [1.54, 1.807) is 7.11 Å². The number of pyridine rings is 1. The van der Waals surface area contributed by atoms with Gasteiger partial charge in [-0.1, -0.05) is 12.1 Å². The summed E-state index contributed by atoms with van der Waals surface area (Å²) < 4.78 is 6.48. The Bertz CT molecular complexity index is 604. The van der Waals surface area contributed by atoms with Crippen LogP contribution >= 0.6 is 15.9 Å². The average molecular weight is 350 g/mol. The summed E-state index contributed by atoms with van der Waals surface area (Å²) in [4.78, 5) is 6.67. The Morgan fingerprint density at radius 1 is 1.29 bits per heavy atom. The fourth-order valence-electron chi connectivity index (χ4n) is 2.16. The predicted octanol–water partition coefficient (Wildman–Crippen LogP) is 3.65. The van der Waals surface area contributed by atoms with Gasteiger partial charge in [-0.2, -0.15) is 0 Å². The van der Waals surface area contributed by atoms with Gasteiger partial charge in [-0.25, -0.2) is 4.98 Å². The summed E-state index contributed by atoms with van der Waals surface area (Å²) in [5.74, 6) is 1.71. The third kappa shape index (κ3) is 3.54. The largest absolute Gasteiger partial charge is 0.495 e. The zero-order valence-electron chi connectivity index (χ0n) is 12.3. The maximum Gasteiger partial charge on any atom is 0.147 e. The van der Waals surface area contributed by atoms with Crippen molar-refractivity contribution in [3.63, 3.8) is 0 Å². The van der Waals surface area contributed by atoms with Gasteiger partial charge in [0.1, 0.15) is 11.6 Å². The first-order chi connectivity index (χ1) is 10.2. The van der Waals surface area contributed by atoms with Gasteiger partial charge >= 0.3 is 0 Å². The molecule has 1 heterocycles. The molecule has 0 fully saturated rings. The first-order valence-corrected chi connectivity index (χ1v) is 7.70. The number of aromatic nitrogens is 1. The molecule has 5 heteroatoms. The monoisotopic (exact) mass is 349 g/mol. The molecule has 2 N–H and O–H groups in total. The van der Waals surface area contributed by atoms with Gasteiger partial charge in [0.25, 0.3) is 0 Å².